The quantitative estimate of drug-likeness (QED) is 0.687. The van der Waals surface area contributed by atoms with Gasteiger partial charge in [-0.2, -0.15) is 0 Å². The van der Waals surface area contributed by atoms with Gasteiger partial charge in [-0.05, 0) is 34.6 Å². The van der Waals surface area contributed by atoms with Gasteiger partial charge in [0.1, 0.15) is 11.6 Å². The first-order valence-corrected chi connectivity index (χ1v) is 7.66. The highest BCUT2D eigenvalue weighted by molar-refractivity contribution is 8.00. The first-order chi connectivity index (χ1) is 9.51. The van der Waals surface area contributed by atoms with Crippen LogP contribution < -0.4 is 5.32 Å². The van der Waals surface area contributed by atoms with Gasteiger partial charge in [-0.15, -0.1) is 11.8 Å². The van der Waals surface area contributed by atoms with E-state index < -0.39 is 29.7 Å². The molecular formula is C13H23NO6S. The number of ether oxygens (including phenoxy) is 2. The number of amides is 1. The van der Waals surface area contributed by atoms with E-state index in [4.69, 9.17) is 14.6 Å². The second kappa shape index (κ2) is 8.76. The van der Waals surface area contributed by atoms with Gasteiger partial charge >= 0.3 is 18.0 Å². The highest BCUT2D eigenvalue weighted by atomic mass is 32.2. The molecule has 0 bridgehead atoms. The van der Waals surface area contributed by atoms with Gasteiger partial charge in [0.15, 0.2) is 0 Å². The van der Waals surface area contributed by atoms with Crippen LogP contribution in [-0.2, 0) is 19.1 Å². The molecule has 0 aliphatic heterocycles. The Balaban J connectivity index is 4.23. The summed E-state index contributed by atoms with van der Waals surface area (Å²) in [6.07, 6.45) is -1.02. The molecule has 0 aromatic heterocycles. The molecule has 0 saturated carbocycles. The maximum absolute atomic E-state index is 11.5. The van der Waals surface area contributed by atoms with Crippen LogP contribution in [0.25, 0.3) is 0 Å². The molecule has 0 aliphatic carbocycles. The molecule has 0 spiro atoms. The van der Waals surface area contributed by atoms with Gasteiger partial charge < -0.3 is 19.9 Å². The van der Waals surface area contributed by atoms with Crippen LogP contribution in [0.4, 0.5) is 4.79 Å². The minimum Gasteiger partial charge on any atom is -0.480 e. The molecule has 0 aromatic rings. The van der Waals surface area contributed by atoms with E-state index >= 15 is 0 Å². The summed E-state index contributed by atoms with van der Waals surface area (Å²) in [7, 11) is 0. The van der Waals surface area contributed by atoms with E-state index in [2.05, 4.69) is 5.32 Å². The maximum atomic E-state index is 11.5. The van der Waals surface area contributed by atoms with Gasteiger partial charge in [0.2, 0.25) is 0 Å². The lowest BCUT2D eigenvalue weighted by molar-refractivity contribution is -0.144. The summed E-state index contributed by atoms with van der Waals surface area (Å²) in [6.45, 7) is 8.50. The zero-order chi connectivity index (χ0) is 16.6. The molecule has 0 saturated heterocycles. The van der Waals surface area contributed by atoms with E-state index in [1.54, 1.807) is 34.6 Å². The van der Waals surface area contributed by atoms with Crippen molar-refractivity contribution in [1.29, 1.82) is 0 Å². The van der Waals surface area contributed by atoms with Crippen molar-refractivity contribution in [3.8, 4) is 0 Å². The van der Waals surface area contributed by atoms with Gasteiger partial charge in [-0.1, -0.05) is 0 Å². The number of esters is 1. The number of carbonyl (C=O) groups is 3. The lowest BCUT2D eigenvalue weighted by atomic mass is 10.2. The normalized spacial score (nSPS) is 12.7. The Morgan fingerprint density at radius 2 is 1.81 bits per heavy atom. The van der Waals surface area contributed by atoms with Crippen molar-refractivity contribution in [2.24, 2.45) is 0 Å². The minimum atomic E-state index is -1.19. The summed E-state index contributed by atoms with van der Waals surface area (Å²) >= 11 is 1.07. The number of aliphatic carboxylic acids is 1. The molecule has 1 unspecified atom stereocenters. The van der Waals surface area contributed by atoms with Crippen molar-refractivity contribution >= 4 is 29.8 Å². The third kappa shape index (κ3) is 10.9. The molecule has 0 aliphatic rings. The van der Waals surface area contributed by atoms with Gasteiger partial charge in [0.05, 0.1) is 11.9 Å². The molecule has 7 nitrogen and oxygen atoms in total. The zero-order valence-electron chi connectivity index (χ0n) is 13.0. The van der Waals surface area contributed by atoms with E-state index in [1.165, 1.54) is 0 Å². The third-order valence-corrected chi connectivity index (χ3v) is 2.87. The van der Waals surface area contributed by atoms with Crippen LogP contribution in [0.2, 0.25) is 0 Å². The highest BCUT2D eigenvalue weighted by Gasteiger charge is 2.24. The summed E-state index contributed by atoms with van der Waals surface area (Å²) in [5.74, 6) is -1.54. The van der Waals surface area contributed by atoms with Crippen LogP contribution in [0.1, 0.15) is 34.6 Å². The van der Waals surface area contributed by atoms with Crippen LogP contribution in [0.3, 0.4) is 0 Å². The number of alkyl carbamates (subject to hydrolysis) is 1. The first-order valence-electron chi connectivity index (χ1n) is 6.51. The average molecular weight is 321 g/mol. The number of nitrogens with one attached hydrogen (secondary N) is 1. The fourth-order valence-corrected chi connectivity index (χ4v) is 2.00. The number of hydrogen-bond acceptors (Lipinski definition) is 6. The number of hydrogen-bond donors (Lipinski definition) is 2. The second-order valence-corrected chi connectivity index (χ2v) is 6.62. The predicted molar refractivity (Wildman–Crippen MR) is 79.3 cm³/mol. The molecule has 2 N–H and O–H groups in total. The summed E-state index contributed by atoms with van der Waals surface area (Å²) in [6, 6.07) is -1.13. The van der Waals surface area contributed by atoms with Crippen LogP contribution >= 0.6 is 11.8 Å². The van der Waals surface area contributed by atoms with Crippen molar-refractivity contribution in [1.82, 2.24) is 5.32 Å². The molecule has 0 heterocycles. The Morgan fingerprint density at radius 1 is 1.24 bits per heavy atom. The maximum Gasteiger partial charge on any atom is 0.408 e. The number of thioether (sulfide) groups is 1. The van der Waals surface area contributed by atoms with E-state index in [1.807, 2.05) is 0 Å². The van der Waals surface area contributed by atoms with Crippen molar-refractivity contribution < 1.29 is 29.0 Å². The Morgan fingerprint density at radius 3 is 2.24 bits per heavy atom. The largest absolute Gasteiger partial charge is 0.480 e. The summed E-state index contributed by atoms with van der Waals surface area (Å²) in [5.41, 5.74) is -0.707. The van der Waals surface area contributed by atoms with Crippen molar-refractivity contribution in [3.63, 3.8) is 0 Å². The molecule has 1 atom stereocenters. The van der Waals surface area contributed by atoms with E-state index in [9.17, 15) is 14.4 Å². The number of carboxylic acids is 1. The van der Waals surface area contributed by atoms with Crippen molar-refractivity contribution in [2.45, 2.75) is 52.4 Å². The van der Waals surface area contributed by atoms with Crippen molar-refractivity contribution in [3.05, 3.63) is 0 Å². The Kier molecular flexibility index (Phi) is 8.16. The molecule has 122 valence electrons. The SMILES string of the molecule is CC(C)OC(=O)CSCC(NC(=O)OC(C)(C)C)C(=O)O. The molecule has 21 heavy (non-hydrogen) atoms. The zero-order valence-corrected chi connectivity index (χ0v) is 13.8. The Hall–Kier alpha value is -1.44. The number of carboxylic acid groups (broad SMARTS) is 1. The van der Waals surface area contributed by atoms with Crippen LogP contribution in [-0.4, -0.2) is 52.4 Å². The van der Waals surface area contributed by atoms with Gasteiger partial charge in [0, 0.05) is 5.75 Å². The molecular weight excluding hydrogens is 298 g/mol. The summed E-state index contributed by atoms with van der Waals surface area (Å²) in [5, 5.41) is 11.3. The monoisotopic (exact) mass is 321 g/mol. The number of carbonyl (C=O) groups excluding carboxylic acids is 2. The summed E-state index contributed by atoms with van der Waals surface area (Å²) in [4.78, 5) is 33.9. The van der Waals surface area contributed by atoms with Gasteiger partial charge in [-0.25, -0.2) is 9.59 Å². The van der Waals surface area contributed by atoms with Crippen LogP contribution in [0, 0.1) is 0 Å². The fourth-order valence-electron chi connectivity index (χ4n) is 1.18. The minimum absolute atomic E-state index is 0.0258. The standard InChI is InChI=1S/C13H23NO6S/c1-8(2)19-10(15)7-21-6-9(11(16)17)14-12(18)20-13(3,4)5/h8-9H,6-7H2,1-5H3,(H,14,18)(H,16,17). The van der Waals surface area contributed by atoms with Crippen LogP contribution in [0.15, 0.2) is 0 Å². The smallest absolute Gasteiger partial charge is 0.408 e. The first kappa shape index (κ1) is 19.6. The molecule has 0 fully saturated rings. The third-order valence-electron chi connectivity index (χ3n) is 1.86. The molecule has 1 amide bonds. The van der Waals surface area contributed by atoms with Gasteiger partial charge in [-0.3, -0.25) is 4.79 Å². The molecule has 0 radical (unpaired) electrons. The fraction of sp³-hybridized carbons (Fsp3) is 0.769. The van der Waals surface area contributed by atoms with Crippen molar-refractivity contribution in [2.75, 3.05) is 11.5 Å². The molecule has 0 aromatic carbocycles. The number of rotatable bonds is 7. The van der Waals surface area contributed by atoms with E-state index in [0.29, 0.717) is 0 Å². The highest BCUT2D eigenvalue weighted by Crippen LogP contribution is 2.09. The summed E-state index contributed by atoms with van der Waals surface area (Å²) < 4.78 is 9.90. The lowest BCUT2D eigenvalue weighted by Gasteiger charge is -2.21. The predicted octanol–water partition coefficient (Wildman–Crippen LogP) is 1.65. The topological polar surface area (TPSA) is 102 Å². The average Bonchev–Trinajstić information content (AvgIpc) is 2.23. The molecule has 8 heteroatoms. The Bertz CT molecular complexity index is 377. The van der Waals surface area contributed by atoms with E-state index in [0.717, 1.165) is 11.8 Å². The second-order valence-electron chi connectivity index (χ2n) is 5.59. The van der Waals surface area contributed by atoms with Gasteiger partial charge in [0.25, 0.3) is 0 Å². The van der Waals surface area contributed by atoms with E-state index in [-0.39, 0.29) is 17.6 Å². The van der Waals surface area contributed by atoms with Crippen LogP contribution in [0.5, 0.6) is 0 Å². The molecule has 0 rings (SSSR count). The lowest BCUT2D eigenvalue weighted by Crippen LogP contribution is -2.45. The Labute approximate surface area is 128 Å².